The Hall–Kier alpha value is -4.02. The average molecular weight is 408 g/mol. The van der Waals surface area contributed by atoms with Gasteiger partial charge in [0, 0.05) is 17.8 Å². The van der Waals surface area contributed by atoms with E-state index in [0.717, 1.165) is 23.2 Å². The van der Waals surface area contributed by atoms with Crippen LogP contribution in [0.1, 0.15) is 26.5 Å². The Bertz CT molecular complexity index is 1260. The number of halogens is 2. The zero-order chi connectivity index (χ0) is 21.4. The number of anilines is 2. The van der Waals surface area contributed by atoms with E-state index in [1.807, 2.05) is 33.0 Å². The molecule has 11 heteroatoms. The van der Waals surface area contributed by atoms with Gasteiger partial charge in [0.2, 0.25) is 5.95 Å². The number of benzene rings is 2. The van der Waals surface area contributed by atoms with Gasteiger partial charge in [-0.2, -0.15) is 0 Å². The van der Waals surface area contributed by atoms with E-state index >= 15 is 0 Å². The Kier molecular flexibility index (Phi) is 4.78. The molecule has 0 saturated carbocycles. The molecule has 2 heterocycles. The van der Waals surface area contributed by atoms with Gasteiger partial charge in [-0.25, -0.2) is 18.7 Å². The van der Waals surface area contributed by atoms with Crippen LogP contribution in [0.2, 0.25) is 0 Å². The van der Waals surface area contributed by atoms with Crippen molar-refractivity contribution in [3.05, 3.63) is 65.2 Å². The van der Waals surface area contributed by atoms with Gasteiger partial charge in [-0.15, -0.1) is 0 Å². The van der Waals surface area contributed by atoms with E-state index in [2.05, 4.69) is 30.6 Å². The Labute approximate surface area is 169 Å². The molecule has 4 N–H and O–H groups in total. The molecule has 4 aromatic rings. The maximum Gasteiger partial charge on any atom is 0.276 e. The summed E-state index contributed by atoms with van der Waals surface area (Å²) in [7, 11) is 1.90. The van der Waals surface area contributed by atoms with Crippen LogP contribution in [-0.4, -0.2) is 39.6 Å². The van der Waals surface area contributed by atoms with E-state index in [1.54, 1.807) is 0 Å². The Morgan fingerprint density at radius 2 is 1.83 bits per heavy atom. The van der Waals surface area contributed by atoms with Gasteiger partial charge in [-0.1, -0.05) is 17.6 Å². The largest absolute Gasteiger partial charge is 0.340 e. The average Bonchev–Trinajstić information content (AvgIpc) is 3.32. The van der Waals surface area contributed by atoms with Crippen molar-refractivity contribution >= 4 is 47.8 Å². The van der Waals surface area contributed by atoms with Gasteiger partial charge in [0.25, 0.3) is 11.8 Å². The van der Waals surface area contributed by atoms with Crippen molar-refractivity contribution < 1.29 is 18.4 Å². The lowest BCUT2D eigenvalue weighted by Gasteiger charge is -2.09. The first-order chi connectivity index (χ1) is 14.3. The molecule has 0 spiro atoms. The summed E-state index contributed by atoms with van der Waals surface area (Å²) in [4.78, 5) is 38.5. The Morgan fingerprint density at radius 1 is 1.07 bits per heavy atom. The molecule has 0 atom stereocenters. The summed E-state index contributed by atoms with van der Waals surface area (Å²) in [5, 5.41) is 5.19. The molecule has 0 bridgehead atoms. The van der Waals surface area contributed by atoms with Crippen molar-refractivity contribution in [3.8, 4) is 0 Å². The SMILES string of the molecule is Bc1ccc(C)c(NC(=O)c2nc[nH]c2C(=O)Nc2nc3cc(F)c(F)cc3[nH]2)c1. The minimum Gasteiger partial charge on any atom is -0.340 e. The predicted octanol–water partition coefficient (Wildman–Crippen LogP) is 1.64. The molecular formula is C19H15BF2N6O2. The molecule has 150 valence electrons. The third-order valence-electron chi connectivity index (χ3n) is 4.48. The summed E-state index contributed by atoms with van der Waals surface area (Å²) in [5.41, 5.74) is 2.59. The number of hydrogen-bond acceptors (Lipinski definition) is 4. The van der Waals surface area contributed by atoms with Gasteiger partial charge in [0.05, 0.1) is 17.4 Å². The number of carbonyl (C=O) groups excluding carboxylic acids is 2. The molecule has 0 radical (unpaired) electrons. The van der Waals surface area contributed by atoms with Crippen molar-refractivity contribution in [3.63, 3.8) is 0 Å². The molecule has 2 amide bonds. The number of nitrogens with one attached hydrogen (secondary N) is 4. The fourth-order valence-corrected chi connectivity index (χ4v) is 2.93. The van der Waals surface area contributed by atoms with Gasteiger partial charge in [-0.3, -0.25) is 14.9 Å². The van der Waals surface area contributed by atoms with Crippen molar-refractivity contribution in [2.45, 2.75) is 6.92 Å². The van der Waals surface area contributed by atoms with E-state index in [4.69, 9.17) is 0 Å². The topological polar surface area (TPSA) is 116 Å². The zero-order valence-electron chi connectivity index (χ0n) is 15.9. The Balaban J connectivity index is 1.55. The summed E-state index contributed by atoms with van der Waals surface area (Å²) in [6.07, 6.45) is 1.22. The normalized spacial score (nSPS) is 10.9. The molecular weight excluding hydrogens is 393 g/mol. The van der Waals surface area contributed by atoms with Crippen LogP contribution in [0.25, 0.3) is 11.0 Å². The number of H-pyrrole nitrogens is 2. The third-order valence-corrected chi connectivity index (χ3v) is 4.48. The highest BCUT2D eigenvalue weighted by Gasteiger charge is 2.22. The molecule has 0 fully saturated rings. The highest BCUT2D eigenvalue weighted by molar-refractivity contribution is 6.32. The van der Waals surface area contributed by atoms with Crippen molar-refractivity contribution in [2.75, 3.05) is 10.6 Å². The zero-order valence-corrected chi connectivity index (χ0v) is 15.9. The van der Waals surface area contributed by atoms with Crippen LogP contribution < -0.4 is 16.1 Å². The predicted molar refractivity (Wildman–Crippen MR) is 110 cm³/mol. The maximum atomic E-state index is 13.3. The first-order valence-electron chi connectivity index (χ1n) is 8.90. The minimum absolute atomic E-state index is 0.0320. The van der Waals surface area contributed by atoms with Crippen LogP contribution in [0, 0.1) is 18.6 Å². The second-order valence-corrected chi connectivity index (χ2v) is 6.72. The van der Waals surface area contributed by atoms with Crippen molar-refractivity contribution in [2.24, 2.45) is 0 Å². The summed E-state index contributed by atoms with van der Waals surface area (Å²) in [6, 6.07) is 7.45. The molecule has 0 saturated heterocycles. The van der Waals surface area contributed by atoms with Gasteiger partial charge in [-0.05, 0) is 18.6 Å². The number of aromatic amines is 2. The number of carbonyl (C=O) groups is 2. The van der Waals surface area contributed by atoms with Crippen LogP contribution in [0.3, 0.4) is 0 Å². The first kappa shape index (κ1) is 19.3. The van der Waals surface area contributed by atoms with Crippen LogP contribution in [0.15, 0.2) is 36.7 Å². The van der Waals surface area contributed by atoms with Crippen molar-refractivity contribution in [1.82, 2.24) is 19.9 Å². The highest BCUT2D eigenvalue weighted by atomic mass is 19.2. The van der Waals surface area contributed by atoms with Crippen LogP contribution >= 0.6 is 0 Å². The Morgan fingerprint density at radius 3 is 2.63 bits per heavy atom. The molecule has 0 unspecified atom stereocenters. The molecule has 2 aromatic carbocycles. The first-order valence-corrected chi connectivity index (χ1v) is 8.90. The summed E-state index contributed by atoms with van der Waals surface area (Å²) >= 11 is 0. The van der Waals surface area contributed by atoms with E-state index < -0.39 is 23.4 Å². The number of aromatic nitrogens is 4. The molecule has 0 aliphatic heterocycles. The number of aryl methyl sites for hydroxylation is 1. The molecule has 0 aliphatic rings. The van der Waals surface area contributed by atoms with Gasteiger partial charge in [0.15, 0.2) is 17.3 Å². The van der Waals surface area contributed by atoms with Crippen molar-refractivity contribution in [1.29, 1.82) is 0 Å². The summed E-state index contributed by atoms with van der Waals surface area (Å²) in [5.74, 6) is -3.38. The second-order valence-electron chi connectivity index (χ2n) is 6.72. The fraction of sp³-hybridized carbons (Fsp3) is 0.0526. The molecule has 8 nitrogen and oxygen atoms in total. The van der Waals surface area contributed by atoms with Crippen LogP contribution in [0.4, 0.5) is 20.4 Å². The van der Waals surface area contributed by atoms with Crippen LogP contribution in [0.5, 0.6) is 0 Å². The number of fused-ring (bicyclic) bond motifs is 1. The molecule has 4 rings (SSSR count). The van der Waals surface area contributed by atoms with Gasteiger partial charge >= 0.3 is 0 Å². The molecule has 0 aliphatic carbocycles. The minimum atomic E-state index is -1.05. The maximum absolute atomic E-state index is 13.3. The van der Waals surface area contributed by atoms with Crippen LogP contribution in [-0.2, 0) is 0 Å². The summed E-state index contributed by atoms with van der Waals surface area (Å²) < 4.78 is 26.7. The second kappa shape index (κ2) is 7.43. The monoisotopic (exact) mass is 408 g/mol. The van der Waals surface area contributed by atoms with Gasteiger partial charge < -0.3 is 15.3 Å². The lowest BCUT2D eigenvalue weighted by atomic mass is 9.94. The smallest absolute Gasteiger partial charge is 0.276 e. The number of rotatable bonds is 4. The number of hydrogen-bond donors (Lipinski definition) is 4. The fourth-order valence-electron chi connectivity index (χ4n) is 2.93. The van der Waals surface area contributed by atoms with Gasteiger partial charge in [0.1, 0.15) is 13.5 Å². The molecule has 2 aromatic heterocycles. The third kappa shape index (κ3) is 3.64. The van der Waals surface area contributed by atoms with E-state index in [1.165, 1.54) is 6.33 Å². The standard InChI is InChI=1S/C19H15BF2N6O2/c1-8-2-3-9(20)4-12(8)25-17(29)15-16(24-7-23-15)18(30)28-19-26-13-5-10(21)11(22)6-14(13)27-19/h2-7H,20H2,1H3,(H,23,24)(H,25,29)(H2,26,27,28,30). The summed E-state index contributed by atoms with van der Waals surface area (Å²) in [6.45, 7) is 1.85. The van der Waals surface area contributed by atoms with E-state index in [0.29, 0.717) is 5.69 Å². The van der Waals surface area contributed by atoms with E-state index in [9.17, 15) is 18.4 Å². The number of imidazole rings is 2. The lowest BCUT2D eigenvalue weighted by molar-refractivity contribution is 0.0985. The van der Waals surface area contributed by atoms with E-state index in [-0.39, 0.29) is 28.4 Å². The highest BCUT2D eigenvalue weighted by Crippen LogP contribution is 2.19. The number of nitrogens with zero attached hydrogens (tertiary/aromatic N) is 2. The quantitative estimate of drug-likeness (QED) is 0.384. The number of amides is 2. The molecule has 30 heavy (non-hydrogen) atoms. The lowest BCUT2D eigenvalue weighted by Crippen LogP contribution is -2.21.